The number of rotatable bonds is 8. The van der Waals surface area contributed by atoms with Crippen molar-refractivity contribution < 1.29 is 9.47 Å². The summed E-state index contributed by atoms with van der Waals surface area (Å²) < 4.78 is 10.9. The highest BCUT2D eigenvalue weighted by atomic mass is 35.5. The van der Waals surface area contributed by atoms with Crippen LogP contribution in [0.5, 0.6) is 11.5 Å². The van der Waals surface area contributed by atoms with E-state index in [9.17, 15) is 0 Å². The maximum absolute atomic E-state index is 6.23. The molecule has 146 valence electrons. The van der Waals surface area contributed by atoms with E-state index < -0.39 is 0 Å². The minimum absolute atomic E-state index is 0.223. The molecule has 0 radical (unpaired) electrons. The number of fused-ring (bicyclic) bond motifs is 1. The number of thiophene rings is 1. The smallest absolute Gasteiger partial charge is 0.225 e. The van der Waals surface area contributed by atoms with E-state index in [1.807, 2.05) is 30.4 Å². The maximum Gasteiger partial charge on any atom is 0.225 e. The molecule has 0 amide bonds. The summed E-state index contributed by atoms with van der Waals surface area (Å²) in [6.45, 7) is 11.0. The molecule has 3 aromatic rings. The van der Waals surface area contributed by atoms with Gasteiger partial charge in [-0.2, -0.15) is 4.98 Å². The molecule has 7 heteroatoms. The molecular formula is C21H22ClN3O2S. The quantitative estimate of drug-likeness (QED) is 0.358. The van der Waals surface area contributed by atoms with E-state index in [1.54, 1.807) is 25.6 Å². The Hall–Kier alpha value is -2.57. The summed E-state index contributed by atoms with van der Waals surface area (Å²) in [5, 5.41) is 1.18. The number of benzene rings is 1. The Morgan fingerprint density at radius 3 is 2.39 bits per heavy atom. The molecule has 0 fully saturated rings. The largest absolute Gasteiger partial charge is 0.493 e. The van der Waals surface area contributed by atoms with Crippen molar-refractivity contribution in [1.29, 1.82) is 0 Å². The molecule has 1 aromatic carbocycles. The SMILES string of the molecule is C=CCN(CC=C)c1nc(Cl)nc2sc(C)c(-c3ccc(OC)c(OC)c3)c12. The molecule has 3 rings (SSSR count). The molecule has 0 N–H and O–H groups in total. The van der Waals surface area contributed by atoms with E-state index in [2.05, 4.69) is 34.9 Å². The molecule has 0 aliphatic rings. The van der Waals surface area contributed by atoms with Gasteiger partial charge in [0.2, 0.25) is 5.28 Å². The number of anilines is 1. The molecule has 2 aromatic heterocycles. The van der Waals surface area contributed by atoms with Crippen LogP contribution in [0.25, 0.3) is 21.3 Å². The number of aryl methyl sites for hydroxylation is 1. The van der Waals surface area contributed by atoms with Crippen molar-refractivity contribution in [2.75, 3.05) is 32.2 Å². The molecule has 5 nitrogen and oxygen atoms in total. The number of ether oxygens (including phenoxy) is 2. The predicted octanol–water partition coefficient (Wildman–Crippen LogP) is 5.52. The van der Waals surface area contributed by atoms with E-state index in [1.165, 1.54) is 0 Å². The Bertz CT molecular complexity index is 1020. The fourth-order valence-corrected chi connectivity index (χ4v) is 4.45. The van der Waals surface area contributed by atoms with Crippen molar-refractivity contribution >= 4 is 39.0 Å². The lowest BCUT2D eigenvalue weighted by molar-refractivity contribution is 0.355. The zero-order valence-corrected chi connectivity index (χ0v) is 17.7. The van der Waals surface area contributed by atoms with E-state index in [-0.39, 0.29) is 5.28 Å². The third kappa shape index (κ3) is 3.70. The molecule has 0 saturated carbocycles. The van der Waals surface area contributed by atoms with Gasteiger partial charge in [-0.25, -0.2) is 4.98 Å². The molecule has 0 atom stereocenters. The lowest BCUT2D eigenvalue weighted by Gasteiger charge is -2.22. The predicted molar refractivity (Wildman–Crippen MR) is 118 cm³/mol. The first-order chi connectivity index (χ1) is 13.5. The van der Waals surface area contributed by atoms with Gasteiger partial charge in [0.1, 0.15) is 10.6 Å². The Morgan fingerprint density at radius 2 is 1.79 bits per heavy atom. The molecule has 28 heavy (non-hydrogen) atoms. The summed E-state index contributed by atoms with van der Waals surface area (Å²) in [6.07, 6.45) is 3.67. The normalized spacial score (nSPS) is 10.7. The third-order valence-electron chi connectivity index (χ3n) is 4.35. The second kappa shape index (κ2) is 8.63. The first kappa shape index (κ1) is 20.2. The number of halogens is 1. The zero-order valence-electron chi connectivity index (χ0n) is 16.2. The van der Waals surface area contributed by atoms with Gasteiger partial charge in [-0.15, -0.1) is 24.5 Å². The standard InChI is InChI=1S/C21H22ClN3O2S/c1-6-10-25(11-7-2)19-18-17(13(3)28-20(18)24-21(22)23-19)14-8-9-15(26-4)16(12-14)27-5/h6-9,12H,1-2,10-11H2,3-5H3. The topological polar surface area (TPSA) is 47.5 Å². The van der Waals surface area contributed by atoms with Crippen LogP contribution in [0.3, 0.4) is 0 Å². The molecule has 2 heterocycles. The molecule has 0 bridgehead atoms. The highest BCUT2D eigenvalue weighted by Crippen LogP contribution is 2.44. The van der Waals surface area contributed by atoms with Crippen LogP contribution >= 0.6 is 22.9 Å². The first-order valence-electron chi connectivity index (χ1n) is 8.69. The van der Waals surface area contributed by atoms with Crippen molar-refractivity contribution in [3.8, 4) is 22.6 Å². The van der Waals surface area contributed by atoms with Crippen molar-refractivity contribution in [2.45, 2.75) is 6.92 Å². The van der Waals surface area contributed by atoms with E-state index >= 15 is 0 Å². The van der Waals surface area contributed by atoms with Crippen LogP contribution in [0.4, 0.5) is 5.82 Å². The Kier molecular flexibility index (Phi) is 6.21. The second-order valence-corrected chi connectivity index (χ2v) is 7.62. The van der Waals surface area contributed by atoms with Gasteiger partial charge < -0.3 is 14.4 Å². The van der Waals surface area contributed by atoms with Crippen LogP contribution in [0.1, 0.15) is 4.88 Å². The monoisotopic (exact) mass is 415 g/mol. The van der Waals surface area contributed by atoms with Crippen LogP contribution in [-0.4, -0.2) is 37.3 Å². The van der Waals surface area contributed by atoms with Crippen LogP contribution in [0.2, 0.25) is 5.28 Å². The minimum Gasteiger partial charge on any atom is -0.493 e. The molecule has 0 aliphatic heterocycles. The lowest BCUT2D eigenvalue weighted by atomic mass is 10.0. The Labute approximate surface area is 173 Å². The summed E-state index contributed by atoms with van der Waals surface area (Å²) in [6, 6.07) is 5.88. The summed E-state index contributed by atoms with van der Waals surface area (Å²) in [5.41, 5.74) is 2.07. The average Bonchev–Trinajstić information content (AvgIpc) is 3.02. The van der Waals surface area contributed by atoms with E-state index in [0.717, 1.165) is 32.0 Å². The summed E-state index contributed by atoms with van der Waals surface area (Å²) in [5.74, 6) is 2.12. The van der Waals surface area contributed by atoms with Crippen LogP contribution in [0, 0.1) is 6.92 Å². The van der Waals surface area contributed by atoms with Crippen molar-refractivity contribution in [2.24, 2.45) is 0 Å². The Balaban J connectivity index is 2.30. The number of hydrogen-bond donors (Lipinski definition) is 0. The van der Waals surface area contributed by atoms with Gasteiger partial charge in [-0.3, -0.25) is 0 Å². The van der Waals surface area contributed by atoms with Crippen molar-refractivity contribution in [1.82, 2.24) is 9.97 Å². The fraction of sp³-hybridized carbons (Fsp3) is 0.238. The molecule has 0 unspecified atom stereocenters. The summed E-state index contributed by atoms with van der Waals surface area (Å²) >= 11 is 7.83. The van der Waals surface area contributed by atoms with E-state index in [4.69, 9.17) is 21.1 Å². The summed E-state index contributed by atoms with van der Waals surface area (Å²) in [4.78, 5) is 13.1. The maximum atomic E-state index is 6.23. The van der Waals surface area contributed by atoms with Gasteiger partial charge >= 0.3 is 0 Å². The van der Waals surface area contributed by atoms with Crippen LogP contribution in [0.15, 0.2) is 43.5 Å². The van der Waals surface area contributed by atoms with Gasteiger partial charge in [0, 0.05) is 23.5 Å². The fourth-order valence-electron chi connectivity index (χ4n) is 3.20. The number of methoxy groups -OCH3 is 2. The van der Waals surface area contributed by atoms with Gasteiger partial charge in [-0.1, -0.05) is 18.2 Å². The van der Waals surface area contributed by atoms with Crippen molar-refractivity contribution in [3.63, 3.8) is 0 Å². The average molecular weight is 416 g/mol. The number of hydrogen-bond acceptors (Lipinski definition) is 6. The molecule has 0 aliphatic carbocycles. The minimum atomic E-state index is 0.223. The number of aromatic nitrogens is 2. The van der Waals surface area contributed by atoms with E-state index in [0.29, 0.717) is 24.6 Å². The zero-order chi connectivity index (χ0) is 20.3. The van der Waals surface area contributed by atoms with Gasteiger partial charge in [-0.05, 0) is 36.2 Å². The van der Waals surface area contributed by atoms with Gasteiger partial charge in [0.15, 0.2) is 11.5 Å². The highest BCUT2D eigenvalue weighted by Gasteiger charge is 2.22. The lowest BCUT2D eigenvalue weighted by Crippen LogP contribution is -2.24. The van der Waals surface area contributed by atoms with Gasteiger partial charge in [0.25, 0.3) is 0 Å². The highest BCUT2D eigenvalue weighted by molar-refractivity contribution is 7.19. The third-order valence-corrected chi connectivity index (χ3v) is 5.52. The van der Waals surface area contributed by atoms with Crippen LogP contribution < -0.4 is 14.4 Å². The number of nitrogens with zero attached hydrogens (tertiary/aromatic N) is 3. The molecular weight excluding hydrogens is 394 g/mol. The second-order valence-electron chi connectivity index (χ2n) is 6.08. The molecule has 0 saturated heterocycles. The molecule has 0 spiro atoms. The first-order valence-corrected chi connectivity index (χ1v) is 9.89. The van der Waals surface area contributed by atoms with Crippen LogP contribution in [-0.2, 0) is 0 Å². The van der Waals surface area contributed by atoms with Crippen molar-refractivity contribution in [3.05, 3.63) is 53.7 Å². The Morgan fingerprint density at radius 1 is 1.11 bits per heavy atom. The van der Waals surface area contributed by atoms with Gasteiger partial charge in [0.05, 0.1) is 19.6 Å². The summed E-state index contributed by atoms with van der Waals surface area (Å²) in [7, 11) is 3.25.